The Hall–Kier alpha value is -3.80. The van der Waals surface area contributed by atoms with Gasteiger partial charge in [-0.05, 0) is 24.6 Å². The molecular weight excluding hydrogens is 352 g/mol. The van der Waals surface area contributed by atoms with Crippen molar-refractivity contribution in [1.82, 2.24) is 14.8 Å². The standard InChI is InChI=1S/C22H16N4O2/c1-14-18-19-17(21(27)26(22(19)28)16-10-6-3-7-11-16)12-23-20(18)25(24-14)13-15-8-4-2-5-9-15/h2-12H,13H2,1H3. The number of rotatable bonds is 3. The third-order valence-electron chi connectivity index (χ3n) is 4.98. The number of imide groups is 1. The zero-order valence-corrected chi connectivity index (χ0v) is 15.2. The van der Waals surface area contributed by atoms with Gasteiger partial charge in [0.15, 0.2) is 5.65 Å². The van der Waals surface area contributed by atoms with Crippen molar-refractivity contribution in [2.24, 2.45) is 0 Å². The number of aryl methyl sites for hydroxylation is 1. The Kier molecular flexibility index (Phi) is 3.58. The van der Waals surface area contributed by atoms with Crippen LogP contribution in [-0.4, -0.2) is 26.6 Å². The lowest BCUT2D eigenvalue weighted by atomic mass is 10.1. The highest BCUT2D eigenvalue weighted by molar-refractivity contribution is 6.37. The van der Waals surface area contributed by atoms with Crippen LogP contribution in [0, 0.1) is 6.92 Å². The van der Waals surface area contributed by atoms with E-state index < -0.39 is 0 Å². The van der Waals surface area contributed by atoms with Gasteiger partial charge in [-0.25, -0.2) is 14.6 Å². The number of carbonyl (C=O) groups is 2. The predicted octanol–water partition coefficient (Wildman–Crippen LogP) is 3.59. The molecule has 6 heteroatoms. The zero-order chi connectivity index (χ0) is 19.3. The molecule has 0 spiro atoms. The van der Waals surface area contributed by atoms with Crippen LogP contribution in [0.15, 0.2) is 66.9 Å². The third-order valence-corrected chi connectivity index (χ3v) is 4.98. The van der Waals surface area contributed by atoms with Gasteiger partial charge in [0.1, 0.15) is 0 Å². The van der Waals surface area contributed by atoms with Crippen molar-refractivity contribution in [3.63, 3.8) is 0 Å². The minimum absolute atomic E-state index is 0.323. The number of hydrogen-bond acceptors (Lipinski definition) is 4. The van der Waals surface area contributed by atoms with Crippen LogP contribution in [0.5, 0.6) is 0 Å². The molecule has 136 valence electrons. The lowest BCUT2D eigenvalue weighted by Gasteiger charge is -2.13. The second-order valence-electron chi connectivity index (χ2n) is 6.76. The Morgan fingerprint density at radius 2 is 1.57 bits per heavy atom. The maximum atomic E-state index is 13.2. The lowest BCUT2D eigenvalue weighted by molar-refractivity contribution is 0.0926. The molecule has 28 heavy (non-hydrogen) atoms. The van der Waals surface area contributed by atoms with Crippen LogP contribution in [-0.2, 0) is 6.54 Å². The molecule has 6 nitrogen and oxygen atoms in total. The van der Waals surface area contributed by atoms with Gasteiger partial charge in [0.2, 0.25) is 0 Å². The molecule has 0 bridgehead atoms. The number of anilines is 1. The van der Waals surface area contributed by atoms with Gasteiger partial charge in [-0.15, -0.1) is 0 Å². The number of nitrogens with zero attached hydrogens (tertiary/aromatic N) is 4. The van der Waals surface area contributed by atoms with Gasteiger partial charge in [-0.3, -0.25) is 9.59 Å². The quantitative estimate of drug-likeness (QED) is 0.518. The summed E-state index contributed by atoms with van der Waals surface area (Å²) in [5, 5.41) is 5.24. The van der Waals surface area contributed by atoms with Gasteiger partial charge in [0.25, 0.3) is 11.8 Å². The highest BCUT2D eigenvalue weighted by Crippen LogP contribution is 2.33. The monoisotopic (exact) mass is 368 g/mol. The van der Waals surface area contributed by atoms with Crippen LogP contribution in [0.4, 0.5) is 5.69 Å². The van der Waals surface area contributed by atoms with E-state index in [9.17, 15) is 9.59 Å². The fraction of sp³-hybridized carbons (Fsp3) is 0.0909. The molecule has 1 aliphatic rings. The summed E-state index contributed by atoms with van der Waals surface area (Å²) < 4.78 is 1.78. The van der Waals surface area contributed by atoms with Crippen LogP contribution in [0.2, 0.25) is 0 Å². The number of pyridine rings is 1. The lowest BCUT2D eigenvalue weighted by Crippen LogP contribution is -2.29. The van der Waals surface area contributed by atoms with E-state index in [1.165, 1.54) is 11.1 Å². The smallest absolute Gasteiger partial charge is 0.267 e. The van der Waals surface area contributed by atoms with Crippen LogP contribution >= 0.6 is 0 Å². The average molecular weight is 368 g/mol. The van der Waals surface area contributed by atoms with Crippen molar-refractivity contribution in [2.75, 3.05) is 4.90 Å². The van der Waals surface area contributed by atoms with Crippen molar-refractivity contribution < 1.29 is 9.59 Å². The van der Waals surface area contributed by atoms with E-state index in [4.69, 9.17) is 0 Å². The summed E-state index contributed by atoms with van der Waals surface area (Å²) in [6.07, 6.45) is 1.49. The summed E-state index contributed by atoms with van der Waals surface area (Å²) in [5.41, 5.74) is 3.64. The molecule has 2 aromatic carbocycles. The Morgan fingerprint density at radius 1 is 0.893 bits per heavy atom. The summed E-state index contributed by atoms with van der Waals surface area (Å²) in [6, 6.07) is 18.9. The van der Waals surface area contributed by atoms with Crippen LogP contribution in [0.25, 0.3) is 11.0 Å². The Labute approximate surface area is 161 Å². The molecule has 1 aliphatic heterocycles. The van der Waals surface area contributed by atoms with Crippen molar-refractivity contribution in [3.8, 4) is 0 Å². The maximum absolute atomic E-state index is 13.2. The van der Waals surface area contributed by atoms with E-state index in [1.54, 1.807) is 28.9 Å². The maximum Gasteiger partial charge on any atom is 0.267 e. The molecule has 3 heterocycles. The Bertz CT molecular complexity index is 1230. The number of carbonyl (C=O) groups excluding carboxylic acids is 2. The Balaban J connectivity index is 1.65. The normalized spacial score (nSPS) is 13.4. The number of fused-ring (bicyclic) bond motifs is 3. The summed E-state index contributed by atoms with van der Waals surface area (Å²) in [7, 11) is 0. The first kappa shape index (κ1) is 16.4. The third kappa shape index (κ3) is 2.35. The summed E-state index contributed by atoms with van der Waals surface area (Å²) >= 11 is 0. The molecule has 0 radical (unpaired) electrons. The molecule has 0 atom stereocenters. The molecule has 0 fully saturated rings. The fourth-order valence-corrected chi connectivity index (χ4v) is 3.71. The molecule has 0 N–H and O–H groups in total. The van der Waals surface area contributed by atoms with E-state index in [0.29, 0.717) is 40.1 Å². The Morgan fingerprint density at radius 3 is 2.29 bits per heavy atom. The van der Waals surface area contributed by atoms with Gasteiger partial charge in [0, 0.05) is 6.20 Å². The predicted molar refractivity (Wildman–Crippen MR) is 105 cm³/mol. The second kappa shape index (κ2) is 6.13. The van der Waals surface area contributed by atoms with Crippen LogP contribution in [0.1, 0.15) is 32.0 Å². The van der Waals surface area contributed by atoms with Gasteiger partial charge < -0.3 is 0 Å². The molecule has 5 rings (SSSR count). The minimum Gasteiger partial charge on any atom is -0.268 e. The van der Waals surface area contributed by atoms with Crippen molar-refractivity contribution in [2.45, 2.75) is 13.5 Å². The minimum atomic E-state index is -0.351. The molecular formula is C22H16N4O2. The van der Waals surface area contributed by atoms with E-state index >= 15 is 0 Å². The largest absolute Gasteiger partial charge is 0.268 e. The zero-order valence-electron chi connectivity index (χ0n) is 15.2. The SMILES string of the molecule is Cc1nn(Cc2ccccc2)c2ncc3c(c12)C(=O)N(c1ccccc1)C3=O. The highest BCUT2D eigenvalue weighted by Gasteiger charge is 2.39. The first-order valence-electron chi connectivity index (χ1n) is 8.99. The molecule has 0 saturated heterocycles. The van der Waals surface area contributed by atoms with E-state index in [2.05, 4.69) is 10.1 Å². The number of para-hydroxylation sites is 1. The van der Waals surface area contributed by atoms with E-state index in [-0.39, 0.29) is 11.8 Å². The second-order valence-corrected chi connectivity index (χ2v) is 6.76. The summed E-state index contributed by atoms with van der Waals surface area (Å²) in [4.78, 5) is 31.8. The topological polar surface area (TPSA) is 68.1 Å². The van der Waals surface area contributed by atoms with Crippen LogP contribution in [0.3, 0.4) is 0 Å². The van der Waals surface area contributed by atoms with E-state index in [0.717, 1.165) is 5.56 Å². The number of aromatic nitrogens is 3. The molecule has 2 amide bonds. The summed E-state index contributed by atoms with van der Waals surface area (Å²) in [5.74, 6) is -0.684. The molecule has 2 aromatic heterocycles. The molecule has 0 aliphatic carbocycles. The molecule has 0 unspecified atom stereocenters. The first-order valence-corrected chi connectivity index (χ1v) is 8.99. The average Bonchev–Trinajstić information content (AvgIpc) is 3.17. The fourth-order valence-electron chi connectivity index (χ4n) is 3.71. The molecule has 4 aromatic rings. The van der Waals surface area contributed by atoms with Crippen molar-refractivity contribution in [1.29, 1.82) is 0 Å². The number of hydrogen-bond donors (Lipinski definition) is 0. The first-order chi connectivity index (χ1) is 13.6. The summed E-state index contributed by atoms with van der Waals surface area (Å²) in [6.45, 7) is 2.39. The number of benzene rings is 2. The van der Waals surface area contributed by atoms with Crippen molar-refractivity contribution >= 4 is 28.5 Å². The molecule has 0 saturated carbocycles. The number of amides is 2. The van der Waals surface area contributed by atoms with Crippen LogP contribution < -0.4 is 4.90 Å². The van der Waals surface area contributed by atoms with Gasteiger partial charge >= 0.3 is 0 Å². The van der Waals surface area contributed by atoms with Gasteiger partial charge in [0.05, 0.1) is 34.4 Å². The van der Waals surface area contributed by atoms with Gasteiger partial charge in [-0.2, -0.15) is 5.10 Å². The van der Waals surface area contributed by atoms with Gasteiger partial charge in [-0.1, -0.05) is 48.5 Å². The highest BCUT2D eigenvalue weighted by atomic mass is 16.2. The van der Waals surface area contributed by atoms with Crippen molar-refractivity contribution in [3.05, 3.63) is 89.2 Å². The van der Waals surface area contributed by atoms with E-state index in [1.807, 2.05) is 43.3 Å².